The maximum absolute atomic E-state index is 14.6. The third kappa shape index (κ3) is 10.6. The van der Waals surface area contributed by atoms with Crippen LogP contribution in [0.1, 0.15) is 68.3 Å². The molecule has 17 nitrogen and oxygen atoms in total. The molecule has 2 aromatic heterocycles. The third-order valence-electron chi connectivity index (χ3n) is 14.6. The van der Waals surface area contributed by atoms with Gasteiger partial charge in [-0.25, -0.2) is 13.1 Å². The summed E-state index contributed by atoms with van der Waals surface area (Å²) in [7, 11) is -2.95. The van der Waals surface area contributed by atoms with Gasteiger partial charge in [-0.2, -0.15) is 4.98 Å². The molecule has 0 spiro atoms. The molecule has 5 aromatic rings. The summed E-state index contributed by atoms with van der Waals surface area (Å²) < 4.78 is 55.0. The van der Waals surface area contributed by atoms with Gasteiger partial charge < -0.3 is 39.0 Å². The third-order valence-corrected chi connectivity index (χ3v) is 16.2. The van der Waals surface area contributed by atoms with Crippen molar-refractivity contribution in [2.24, 2.45) is 11.3 Å². The van der Waals surface area contributed by atoms with E-state index in [0.29, 0.717) is 87.0 Å². The molecule has 3 aliphatic heterocycles. The van der Waals surface area contributed by atoms with Crippen molar-refractivity contribution in [2.45, 2.75) is 75.5 Å². The Morgan fingerprint density at radius 1 is 1.00 bits per heavy atom. The molecular weight excluding hydrogens is 948 g/mol. The van der Waals surface area contributed by atoms with Gasteiger partial charge in [0, 0.05) is 88.0 Å². The number of anilines is 4. The Morgan fingerprint density at radius 2 is 1.83 bits per heavy atom. The highest BCUT2D eigenvalue weighted by Crippen LogP contribution is 2.46. The summed E-state index contributed by atoms with van der Waals surface area (Å²) in [5, 5.41) is 16.9. The number of halogens is 1. The second-order valence-electron chi connectivity index (χ2n) is 20.1. The van der Waals surface area contributed by atoms with Crippen molar-refractivity contribution in [1.82, 2.24) is 19.6 Å². The average Bonchev–Trinajstić information content (AvgIpc) is 3.68. The number of nitro benzene ring substituents is 1. The van der Waals surface area contributed by atoms with E-state index in [1.807, 2.05) is 41.3 Å². The minimum Gasteiger partial charge on any atom is -0.476 e. The van der Waals surface area contributed by atoms with Crippen molar-refractivity contribution in [1.29, 1.82) is 0 Å². The van der Waals surface area contributed by atoms with Crippen LogP contribution in [0.15, 0.2) is 89.5 Å². The number of allylic oxidation sites excluding steroid dienone is 1. The smallest absolute Gasteiger partial charge is 0.293 e. The van der Waals surface area contributed by atoms with Crippen LogP contribution in [0.4, 0.5) is 28.4 Å². The van der Waals surface area contributed by atoms with Crippen LogP contribution in [0.25, 0.3) is 16.6 Å². The Bertz CT molecular complexity index is 2940. The van der Waals surface area contributed by atoms with Gasteiger partial charge in [0.05, 0.1) is 52.5 Å². The zero-order chi connectivity index (χ0) is 49.4. The highest BCUT2D eigenvalue weighted by molar-refractivity contribution is 7.90. The number of nitrogens with zero attached hydrogens (tertiary/aromatic N) is 5. The van der Waals surface area contributed by atoms with E-state index in [1.54, 1.807) is 19.4 Å². The molecule has 2 atom stereocenters. The summed E-state index contributed by atoms with van der Waals surface area (Å²) >= 11 is 6.37. The molecule has 1 saturated carbocycles. The number of nitrogens with one attached hydrogen (secondary N) is 3. The predicted octanol–water partition coefficient (Wildman–Crippen LogP) is 8.57. The number of pyridine rings is 1. The quantitative estimate of drug-likeness (QED) is 0.0841. The number of carbonyl (C=O) groups excluding carboxylic acids is 1. The van der Waals surface area contributed by atoms with Crippen LogP contribution in [0.2, 0.25) is 5.02 Å². The van der Waals surface area contributed by atoms with E-state index in [0.717, 1.165) is 67.9 Å². The number of carbonyl (C=O) groups is 1. The van der Waals surface area contributed by atoms with E-state index in [2.05, 4.69) is 50.8 Å². The molecule has 3 aromatic carbocycles. The molecule has 0 unspecified atom stereocenters. The lowest BCUT2D eigenvalue weighted by Gasteiger charge is -2.45. The van der Waals surface area contributed by atoms with Crippen molar-refractivity contribution < 1.29 is 37.1 Å². The number of amides is 1. The minimum atomic E-state index is -4.61. The highest BCUT2D eigenvalue weighted by Gasteiger charge is 2.39. The molecule has 0 bridgehead atoms. The molecule has 3 fully saturated rings. The van der Waals surface area contributed by atoms with Gasteiger partial charge in [0.25, 0.3) is 21.6 Å². The van der Waals surface area contributed by atoms with Crippen LogP contribution in [0.3, 0.4) is 0 Å². The Balaban J connectivity index is 0.965. The van der Waals surface area contributed by atoms with Gasteiger partial charge >= 0.3 is 0 Å². The molecule has 5 heterocycles. The Hall–Kier alpha value is -5.76. The number of benzene rings is 3. The molecule has 19 heteroatoms. The minimum absolute atomic E-state index is 0.0122. The van der Waals surface area contributed by atoms with Crippen molar-refractivity contribution >= 4 is 72.6 Å². The SMILES string of the molecule is COC1CC(CNc2ccc(S(=O)(=O)NC(=O)c3ccc(N4CCN5CC6=C(c7ccc(Cl)cc7)CC(C)(C)C[C@H]6OCCCOC[C@@H]5C4)cc3N3CCCOc4nc5[nH]ccc5cc43)cc2[N+](=O)[O-])C1. The molecule has 2 aliphatic carbocycles. The maximum Gasteiger partial charge on any atom is 0.293 e. The van der Waals surface area contributed by atoms with Crippen molar-refractivity contribution in [3.05, 3.63) is 111 Å². The van der Waals surface area contributed by atoms with Gasteiger partial charge in [-0.1, -0.05) is 37.6 Å². The molecule has 5 aliphatic rings. The van der Waals surface area contributed by atoms with E-state index in [4.69, 9.17) is 35.5 Å². The Labute approximate surface area is 419 Å². The first-order chi connectivity index (χ1) is 34.2. The van der Waals surface area contributed by atoms with Gasteiger partial charge in [-0.05, 0) is 121 Å². The highest BCUT2D eigenvalue weighted by atomic mass is 35.5. The van der Waals surface area contributed by atoms with E-state index in [-0.39, 0.29) is 40.8 Å². The maximum atomic E-state index is 14.6. The number of methoxy groups -OCH3 is 1. The van der Waals surface area contributed by atoms with Gasteiger partial charge in [0.15, 0.2) is 0 Å². The lowest BCUT2D eigenvalue weighted by atomic mass is 9.71. The number of ether oxygens (including phenoxy) is 4. The van der Waals surface area contributed by atoms with E-state index >= 15 is 0 Å². The van der Waals surface area contributed by atoms with Crippen LogP contribution in [0.5, 0.6) is 5.88 Å². The number of aromatic amines is 1. The first-order valence-electron chi connectivity index (χ1n) is 24.5. The average molecular weight is 1010 g/mol. The summed E-state index contributed by atoms with van der Waals surface area (Å²) in [5.41, 5.74) is 6.26. The summed E-state index contributed by atoms with van der Waals surface area (Å²) in [5.74, 6) is -0.243. The van der Waals surface area contributed by atoms with Gasteiger partial charge in [-0.3, -0.25) is 19.8 Å². The summed E-state index contributed by atoms with van der Waals surface area (Å²) in [6.45, 7) is 10.3. The first-order valence-corrected chi connectivity index (χ1v) is 26.4. The van der Waals surface area contributed by atoms with Gasteiger partial charge in [0.1, 0.15) is 17.0 Å². The monoisotopic (exact) mass is 1010 g/mol. The fourth-order valence-electron chi connectivity index (χ4n) is 10.7. The lowest BCUT2D eigenvalue weighted by molar-refractivity contribution is -0.384. The van der Waals surface area contributed by atoms with Crippen molar-refractivity contribution in [3.8, 4) is 5.88 Å². The largest absolute Gasteiger partial charge is 0.476 e. The molecule has 71 heavy (non-hydrogen) atoms. The van der Waals surface area contributed by atoms with Crippen LogP contribution < -0.4 is 24.6 Å². The van der Waals surface area contributed by atoms with Crippen molar-refractivity contribution in [2.75, 3.05) is 87.9 Å². The molecule has 376 valence electrons. The van der Waals surface area contributed by atoms with Gasteiger partial charge in [0.2, 0.25) is 5.88 Å². The van der Waals surface area contributed by atoms with Crippen LogP contribution in [0, 0.1) is 21.4 Å². The number of rotatable bonds is 11. The summed E-state index contributed by atoms with van der Waals surface area (Å²) in [6.07, 6.45) is 6.79. The molecule has 10 rings (SSSR count). The fraction of sp³-hybridized carbons (Fsp3) is 0.462. The number of fused-ring (bicyclic) bond motifs is 4. The van der Waals surface area contributed by atoms with E-state index in [9.17, 15) is 23.3 Å². The Kier molecular flexibility index (Phi) is 14.0. The predicted molar refractivity (Wildman–Crippen MR) is 274 cm³/mol. The van der Waals surface area contributed by atoms with E-state index < -0.39 is 31.4 Å². The fourth-order valence-corrected chi connectivity index (χ4v) is 11.9. The lowest BCUT2D eigenvalue weighted by Crippen LogP contribution is -2.56. The second-order valence-corrected chi connectivity index (χ2v) is 22.3. The van der Waals surface area contributed by atoms with E-state index in [1.165, 1.54) is 23.3 Å². The zero-order valence-corrected chi connectivity index (χ0v) is 41.9. The van der Waals surface area contributed by atoms with Crippen LogP contribution in [-0.2, 0) is 24.2 Å². The number of H-pyrrole nitrogens is 1. The molecular formula is C52H61ClN8O9S. The van der Waals surface area contributed by atoms with Gasteiger partial charge in [-0.15, -0.1) is 0 Å². The Morgan fingerprint density at radius 3 is 2.63 bits per heavy atom. The molecule has 1 amide bonds. The standard InChI is InChI=1S/C52H61ClN8O9S/c1-52(2)27-42(34-6-8-36(53)9-7-34)43-31-59-18-17-58(30-38(59)32-68-19-5-21-69-48(43)28-52)37-10-12-41(45(25-37)60-16-4-20-70-51-47(60)24-35-14-15-54-49(35)56-51)50(62)57-71(65,66)40-11-13-44(46(26-40)61(63)64)55-29-33-22-39(23-33)67-3/h6-15,24-26,33,38-39,48,55H,4-5,16-23,27-32H2,1-3H3,(H,54,56)(H,57,62)/t33?,38-,39?,48+/m0/s1. The number of hydrogen-bond acceptors (Lipinski definition) is 14. The zero-order valence-electron chi connectivity index (χ0n) is 40.3. The normalized spacial score (nSPS) is 23.0. The van der Waals surface area contributed by atoms with Crippen LogP contribution >= 0.6 is 11.6 Å². The topological polar surface area (TPSA) is 194 Å². The first kappa shape index (κ1) is 48.8. The number of sulfonamides is 1. The molecule has 3 N–H and O–H groups in total. The second kappa shape index (κ2) is 20.4. The summed E-state index contributed by atoms with van der Waals surface area (Å²) in [4.78, 5) is 40.5. The number of aromatic nitrogens is 2. The number of piperazine rings is 1. The number of nitro groups is 1. The molecule has 2 saturated heterocycles. The van der Waals surface area contributed by atoms with Crippen LogP contribution in [-0.4, -0.2) is 125 Å². The van der Waals surface area contributed by atoms with Crippen molar-refractivity contribution in [3.63, 3.8) is 0 Å². The summed E-state index contributed by atoms with van der Waals surface area (Å²) in [6, 6.07) is 21.1. The number of hydrogen-bond donors (Lipinski definition) is 3. The molecule has 0 radical (unpaired) electrons.